The number of alkyl halides is 3. The highest BCUT2D eigenvalue weighted by Gasteiger charge is 2.30. The summed E-state index contributed by atoms with van der Waals surface area (Å²) in [6, 6.07) is 11.2. The van der Waals surface area contributed by atoms with E-state index in [0.29, 0.717) is 23.4 Å². The summed E-state index contributed by atoms with van der Waals surface area (Å²) in [4.78, 5) is 26.8. The zero-order chi connectivity index (χ0) is 23.3. The van der Waals surface area contributed by atoms with Crippen molar-refractivity contribution in [3.05, 3.63) is 65.2 Å². The molecule has 1 saturated heterocycles. The Morgan fingerprint density at radius 2 is 1.50 bits per heavy atom. The lowest BCUT2D eigenvalue weighted by Gasteiger charge is -2.24. The predicted molar refractivity (Wildman–Crippen MR) is 118 cm³/mol. The van der Waals surface area contributed by atoms with Gasteiger partial charge in [0, 0.05) is 42.5 Å². The number of anilines is 1. The Morgan fingerprint density at radius 3 is 2.03 bits per heavy atom. The molecule has 0 aromatic heterocycles. The first kappa shape index (κ1) is 23.6. The summed E-state index contributed by atoms with van der Waals surface area (Å²) in [5.41, 5.74) is 0.854. The van der Waals surface area contributed by atoms with Crippen molar-refractivity contribution >= 4 is 17.5 Å². The molecule has 2 aromatic rings. The van der Waals surface area contributed by atoms with Gasteiger partial charge in [0.15, 0.2) is 0 Å². The van der Waals surface area contributed by atoms with Crippen molar-refractivity contribution in [1.29, 1.82) is 0 Å². The zero-order valence-electron chi connectivity index (χ0n) is 18.2. The van der Waals surface area contributed by atoms with Crippen LogP contribution in [0.25, 0.3) is 0 Å². The second-order valence-electron chi connectivity index (χ2n) is 8.36. The van der Waals surface area contributed by atoms with E-state index in [1.165, 1.54) is 12.1 Å². The van der Waals surface area contributed by atoms with Crippen LogP contribution in [0.4, 0.5) is 18.9 Å². The van der Waals surface area contributed by atoms with Gasteiger partial charge in [-0.2, -0.15) is 13.2 Å². The van der Waals surface area contributed by atoms with Gasteiger partial charge in [-0.25, -0.2) is 0 Å². The summed E-state index contributed by atoms with van der Waals surface area (Å²) in [5.74, 6) is -0.168. The van der Waals surface area contributed by atoms with Gasteiger partial charge in [0.2, 0.25) is 0 Å². The molecule has 3 rings (SSSR count). The molecule has 0 saturated carbocycles. The standard InChI is InChI=1S/C24H28F3N3O2/c1-16(2)21(29-20-11-9-19(10-12-20)24(25,26)27)15-28-22(31)17-5-7-18(8-6-17)23(32)30-13-3-4-14-30/h5-12,16,21,29H,3-4,13-15H2,1-2H3,(H,28,31)/t21-/m0/s1. The number of halogens is 3. The van der Waals surface area contributed by atoms with Crippen LogP contribution in [0, 0.1) is 5.92 Å². The summed E-state index contributed by atoms with van der Waals surface area (Å²) in [6.07, 6.45) is -2.34. The molecule has 1 aliphatic rings. The highest BCUT2D eigenvalue weighted by molar-refractivity contribution is 5.97. The second-order valence-corrected chi connectivity index (χ2v) is 8.36. The minimum absolute atomic E-state index is 0.0185. The van der Waals surface area contributed by atoms with Crippen molar-refractivity contribution in [1.82, 2.24) is 10.2 Å². The third kappa shape index (κ3) is 6.02. The first-order chi connectivity index (χ1) is 15.1. The van der Waals surface area contributed by atoms with E-state index >= 15 is 0 Å². The van der Waals surface area contributed by atoms with Crippen molar-refractivity contribution in [3.8, 4) is 0 Å². The maximum absolute atomic E-state index is 12.7. The molecule has 1 fully saturated rings. The Morgan fingerprint density at radius 1 is 0.938 bits per heavy atom. The lowest BCUT2D eigenvalue weighted by molar-refractivity contribution is -0.137. The van der Waals surface area contributed by atoms with E-state index in [-0.39, 0.29) is 23.8 Å². The molecule has 0 bridgehead atoms. The first-order valence-electron chi connectivity index (χ1n) is 10.8. The number of carbonyl (C=O) groups is 2. The second kappa shape index (κ2) is 10.1. The normalized spacial score (nSPS) is 15.0. The summed E-state index contributed by atoms with van der Waals surface area (Å²) < 4.78 is 38.2. The fraction of sp³-hybridized carbons (Fsp3) is 0.417. The molecule has 1 atom stereocenters. The van der Waals surface area contributed by atoms with E-state index in [1.54, 1.807) is 24.3 Å². The Kier molecular flexibility index (Phi) is 7.43. The van der Waals surface area contributed by atoms with E-state index in [4.69, 9.17) is 0 Å². The van der Waals surface area contributed by atoms with Crippen LogP contribution in [-0.4, -0.2) is 42.4 Å². The van der Waals surface area contributed by atoms with E-state index in [0.717, 1.165) is 38.1 Å². The molecule has 32 heavy (non-hydrogen) atoms. The maximum Gasteiger partial charge on any atom is 0.416 e. The van der Waals surface area contributed by atoms with Gasteiger partial charge in [0.1, 0.15) is 0 Å². The number of likely N-dealkylation sites (tertiary alicyclic amines) is 1. The van der Waals surface area contributed by atoms with Gasteiger partial charge in [-0.15, -0.1) is 0 Å². The molecule has 0 aliphatic carbocycles. The molecule has 5 nitrogen and oxygen atoms in total. The first-order valence-corrected chi connectivity index (χ1v) is 10.8. The number of nitrogens with one attached hydrogen (secondary N) is 2. The lowest BCUT2D eigenvalue weighted by Crippen LogP contribution is -2.39. The molecule has 2 aromatic carbocycles. The van der Waals surface area contributed by atoms with Crippen LogP contribution in [0.5, 0.6) is 0 Å². The van der Waals surface area contributed by atoms with Crippen molar-refractivity contribution < 1.29 is 22.8 Å². The minimum atomic E-state index is -4.38. The van der Waals surface area contributed by atoms with Crippen LogP contribution >= 0.6 is 0 Å². The van der Waals surface area contributed by atoms with E-state index < -0.39 is 11.7 Å². The van der Waals surface area contributed by atoms with Crippen molar-refractivity contribution in [2.45, 2.75) is 38.9 Å². The molecule has 1 aliphatic heterocycles. The summed E-state index contributed by atoms with van der Waals surface area (Å²) in [5, 5.41) is 6.05. The number of nitrogens with zero attached hydrogens (tertiary/aromatic N) is 1. The lowest BCUT2D eigenvalue weighted by atomic mass is 10.0. The molecular weight excluding hydrogens is 419 g/mol. The number of rotatable bonds is 7. The van der Waals surface area contributed by atoms with Gasteiger partial charge in [-0.1, -0.05) is 13.8 Å². The fourth-order valence-corrected chi connectivity index (χ4v) is 3.59. The van der Waals surface area contributed by atoms with Crippen LogP contribution in [0.1, 0.15) is 53.0 Å². The van der Waals surface area contributed by atoms with E-state index in [9.17, 15) is 22.8 Å². The highest BCUT2D eigenvalue weighted by Crippen LogP contribution is 2.30. The zero-order valence-corrected chi connectivity index (χ0v) is 18.2. The average molecular weight is 448 g/mol. The third-order valence-electron chi connectivity index (χ3n) is 5.64. The molecule has 1 heterocycles. The molecule has 0 spiro atoms. The number of hydrogen-bond donors (Lipinski definition) is 2. The third-order valence-corrected chi connectivity index (χ3v) is 5.64. The monoisotopic (exact) mass is 447 g/mol. The maximum atomic E-state index is 12.7. The van der Waals surface area contributed by atoms with Gasteiger partial charge in [-0.3, -0.25) is 9.59 Å². The number of carbonyl (C=O) groups excluding carboxylic acids is 2. The SMILES string of the molecule is CC(C)[C@H](CNC(=O)c1ccc(C(=O)N2CCCC2)cc1)Nc1ccc(C(F)(F)F)cc1. The van der Waals surface area contributed by atoms with Crippen molar-refractivity contribution in [2.24, 2.45) is 5.92 Å². The Labute approximate surface area is 186 Å². The Balaban J connectivity index is 1.57. The van der Waals surface area contributed by atoms with E-state index in [2.05, 4.69) is 10.6 Å². The molecule has 2 amide bonds. The molecule has 0 unspecified atom stereocenters. The van der Waals surface area contributed by atoms with Gasteiger partial charge >= 0.3 is 6.18 Å². The van der Waals surface area contributed by atoms with Crippen molar-refractivity contribution in [2.75, 3.05) is 25.0 Å². The van der Waals surface area contributed by atoms with Gasteiger partial charge in [0.25, 0.3) is 11.8 Å². The molecular formula is C24H28F3N3O2. The fourth-order valence-electron chi connectivity index (χ4n) is 3.59. The number of benzene rings is 2. The topological polar surface area (TPSA) is 61.4 Å². The molecule has 2 N–H and O–H groups in total. The summed E-state index contributed by atoms with van der Waals surface area (Å²) in [6.45, 7) is 5.76. The van der Waals surface area contributed by atoms with Crippen LogP contribution in [0.15, 0.2) is 48.5 Å². The highest BCUT2D eigenvalue weighted by atomic mass is 19.4. The smallest absolute Gasteiger partial charge is 0.380 e. The quantitative estimate of drug-likeness (QED) is 0.641. The molecule has 8 heteroatoms. The summed E-state index contributed by atoms with van der Waals surface area (Å²) in [7, 11) is 0. The van der Waals surface area contributed by atoms with Crippen LogP contribution in [0.3, 0.4) is 0 Å². The minimum Gasteiger partial charge on any atom is -0.380 e. The van der Waals surface area contributed by atoms with Crippen molar-refractivity contribution in [3.63, 3.8) is 0 Å². The van der Waals surface area contributed by atoms with Gasteiger partial charge in [0.05, 0.1) is 5.56 Å². The Hall–Kier alpha value is -3.03. The van der Waals surface area contributed by atoms with E-state index in [1.807, 2.05) is 18.7 Å². The average Bonchev–Trinajstić information content (AvgIpc) is 3.30. The molecule has 0 radical (unpaired) electrons. The summed E-state index contributed by atoms with van der Waals surface area (Å²) >= 11 is 0. The largest absolute Gasteiger partial charge is 0.416 e. The molecule has 172 valence electrons. The van der Waals surface area contributed by atoms with Gasteiger partial charge < -0.3 is 15.5 Å². The van der Waals surface area contributed by atoms with Crippen LogP contribution < -0.4 is 10.6 Å². The number of hydrogen-bond acceptors (Lipinski definition) is 3. The predicted octanol–water partition coefficient (Wildman–Crippen LogP) is 4.81. The Bertz CT molecular complexity index is 919. The van der Waals surface area contributed by atoms with Crippen LogP contribution in [-0.2, 0) is 6.18 Å². The van der Waals surface area contributed by atoms with Gasteiger partial charge in [-0.05, 0) is 67.3 Å². The van der Waals surface area contributed by atoms with Crippen LogP contribution in [0.2, 0.25) is 0 Å². The number of amides is 2.